The molecule has 3 rings (SSSR count). The van der Waals surface area contributed by atoms with Crippen LogP contribution in [0, 0.1) is 0 Å². The maximum Gasteiger partial charge on any atom is 0.321 e. The van der Waals surface area contributed by atoms with Crippen molar-refractivity contribution >= 4 is 39.2 Å². The van der Waals surface area contributed by atoms with Crippen molar-refractivity contribution in [3.8, 4) is 5.75 Å². The Kier molecular flexibility index (Phi) is 4.71. The summed E-state index contributed by atoms with van der Waals surface area (Å²) < 4.78 is 5.84. The van der Waals surface area contributed by atoms with Crippen LogP contribution in [0.1, 0.15) is 10.4 Å². The van der Waals surface area contributed by atoms with Gasteiger partial charge in [0.25, 0.3) is 5.91 Å². The molecule has 1 heterocycles. The number of rotatable bonds is 4. The predicted molar refractivity (Wildman–Crippen MR) is 95.8 cm³/mol. The molecule has 0 atom stereocenters. The molecule has 1 saturated heterocycles. The lowest BCUT2D eigenvalue weighted by molar-refractivity contribution is 0.102. The largest absolute Gasteiger partial charge is 0.497 e. The van der Waals surface area contributed by atoms with Gasteiger partial charge in [-0.3, -0.25) is 9.69 Å². The van der Waals surface area contributed by atoms with E-state index in [0.29, 0.717) is 34.6 Å². The highest BCUT2D eigenvalue weighted by atomic mass is 79.9. The first kappa shape index (κ1) is 16.3. The Hall–Kier alpha value is -2.54. The highest BCUT2D eigenvalue weighted by Crippen LogP contribution is 2.24. The van der Waals surface area contributed by atoms with E-state index in [9.17, 15) is 9.59 Å². The van der Waals surface area contributed by atoms with E-state index in [1.165, 1.54) is 0 Å². The van der Waals surface area contributed by atoms with Crippen LogP contribution in [0.15, 0.2) is 46.9 Å². The second-order valence-corrected chi connectivity index (χ2v) is 6.08. The number of carbonyl (C=O) groups is 2. The van der Waals surface area contributed by atoms with E-state index in [-0.39, 0.29) is 11.9 Å². The Morgan fingerprint density at radius 3 is 2.62 bits per heavy atom. The molecule has 1 fully saturated rings. The Bertz CT molecular complexity index is 777. The molecule has 24 heavy (non-hydrogen) atoms. The van der Waals surface area contributed by atoms with E-state index in [4.69, 9.17) is 4.74 Å². The molecule has 0 radical (unpaired) electrons. The van der Waals surface area contributed by atoms with Crippen molar-refractivity contribution in [1.82, 2.24) is 5.32 Å². The summed E-state index contributed by atoms with van der Waals surface area (Å²) in [4.78, 5) is 25.7. The fraction of sp³-hybridized carbons (Fsp3) is 0.176. The van der Waals surface area contributed by atoms with Crippen LogP contribution in [-0.4, -0.2) is 32.1 Å². The number of nitrogens with zero attached hydrogens (tertiary/aromatic N) is 1. The minimum atomic E-state index is -0.243. The number of amides is 3. The fourth-order valence-electron chi connectivity index (χ4n) is 2.45. The van der Waals surface area contributed by atoms with Crippen molar-refractivity contribution < 1.29 is 14.3 Å². The minimum absolute atomic E-state index is 0.105. The van der Waals surface area contributed by atoms with Crippen molar-refractivity contribution in [1.29, 1.82) is 0 Å². The number of anilines is 2. The summed E-state index contributed by atoms with van der Waals surface area (Å²) in [6, 6.07) is 12.3. The van der Waals surface area contributed by atoms with Crippen LogP contribution >= 0.6 is 15.9 Å². The van der Waals surface area contributed by atoms with Crippen LogP contribution in [-0.2, 0) is 0 Å². The summed E-state index contributed by atoms with van der Waals surface area (Å²) in [5.41, 5.74) is 1.93. The number of urea groups is 1. The van der Waals surface area contributed by atoms with Gasteiger partial charge in [0.15, 0.2) is 0 Å². The maximum atomic E-state index is 12.4. The molecule has 1 aliphatic rings. The van der Waals surface area contributed by atoms with E-state index >= 15 is 0 Å². The van der Waals surface area contributed by atoms with E-state index in [2.05, 4.69) is 26.6 Å². The molecule has 2 N–H and O–H groups in total. The van der Waals surface area contributed by atoms with Gasteiger partial charge in [0.05, 0.1) is 12.7 Å². The van der Waals surface area contributed by atoms with Crippen molar-refractivity contribution in [3.05, 3.63) is 52.5 Å². The lowest BCUT2D eigenvalue weighted by Gasteiger charge is -2.15. The SMILES string of the molecule is COc1ccc(Br)c(C(=O)Nc2ccc(N3CCNC3=O)cc2)c1. The third kappa shape index (κ3) is 3.35. The van der Waals surface area contributed by atoms with Crippen LogP contribution in [0.5, 0.6) is 5.75 Å². The fourth-order valence-corrected chi connectivity index (χ4v) is 2.87. The summed E-state index contributed by atoms with van der Waals surface area (Å²) in [7, 11) is 1.55. The molecule has 1 aliphatic heterocycles. The van der Waals surface area contributed by atoms with E-state index in [1.807, 2.05) is 0 Å². The lowest BCUT2D eigenvalue weighted by Crippen LogP contribution is -2.27. The Morgan fingerprint density at radius 2 is 2.00 bits per heavy atom. The lowest BCUT2D eigenvalue weighted by atomic mass is 10.2. The van der Waals surface area contributed by atoms with Crippen molar-refractivity contribution in [2.45, 2.75) is 0 Å². The van der Waals surface area contributed by atoms with Gasteiger partial charge in [0, 0.05) is 28.9 Å². The van der Waals surface area contributed by atoms with E-state index in [1.54, 1.807) is 54.5 Å². The van der Waals surface area contributed by atoms with E-state index < -0.39 is 0 Å². The average Bonchev–Trinajstić information content (AvgIpc) is 3.02. The van der Waals surface area contributed by atoms with Crippen LogP contribution in [0.4, 0.5) is 16.2 Å². The zero-order chi connectivity index (χ0) is 17.1. The number of hydrogen-bond acceptors (Lipinski definition) is 3. The Morgan fingerprint density at radius 1 is 1.25 bits per heavy atom. The van der Waals surface area contributed by atoms with Gasteiger partial charge in [-0.25, -0.2) is 4.79 Å². The zero-order valence-electron chi connectivity index (χ0n) is 13.0. The maximum absolute atomic E-state index is 12.4. The molecular formula is C17H16BrN3O3. The molecule has 3 amide bonds. The Balaban J connectivity index is 1.74. The summed E-state index contributed by atoms with van der Waals surface area (Å²) in [6.07, 6.45) is 0. The van der Waals surface area contributed by atoms with Crippen LogP contribution in [0.2, 0.25) is 0 Å². The molecule has 0 spiro atoms. The number of benzene rings is 2. The van der Waals surface area contributed by atoms with Crippen molar-refractivity contribution in [3.63, 3.8) is 0 Å². The Labute approximate surface area is 147 Å². The topological polar surface area (TPSA) is 70.7 Å². The molecule has 0 aliphatic carbocycles. The normalized spacial score (nSPS) is 13.6. The van der Waals surface area contributed by atoms with Crippen molar-refractivity contribution in [2.75, 3.05) is 30.4 Å². The van der Waals surface area contributed by atoms with Gasteiger partial charge in [-0.05, 0) is 58.4 Å². The van der Waals surface area contributed by atoms with Gasteiger partial charge in [-0.15, -0.1) is 0 Å². The number of carbonyl (C=O) groups excluding carboxylic acids is 2. The van der Waals surface area contributed by atoms with Crippen LogP contribution < -0.4 is 20.3 Å². The summed E-state index contributed by atoms with van der Waals surface area (Å²) in [5, 5.41) is 5.59. The van der Waals surface area contributed by atoms with Gasteiger partial charge >= 0.3 is 6.03 Å². The molecule has 124 valence electrons. The minimum Gasteiger partial charge on any atom is -0.497 e. The summed E-state index contributed by atoms with van der Waals surface area (Å²) in [5.74, 6) is 0.367. The highest BCUT2D eigenvalue weighted by Gasteiger charge is 2.21. The molecule has 0 saturated carbocycles. The van der Waals surface area contributed by atoms with Gasteiger partial charge < -0.3 is 15.4 Å². The van der Waals surface area contributed by atoms with Gasteiger partial charge in [-0.2, -0.15) is 0 Å². The summed E-state index contributed by atoms with van der Waals surface area (Å²) >= 11 is 3.37. The number of methoxy groups -OCH3 is 1. The molecule has 2 aromatic rings. The number of nitrogens with one attached hydrogen (secondary N) is 2. The number of hydrogen-bond donors (Lipinski definition) is 2. The average molecular weight is 390 g/mol. The molecule has 7 heteroatoms. The monoisotopic (exact) mass is 389 g/mol. The first-order valence-corrected chi connectivity index (χ1v) is 8.18. The van der Waals surface area contributed by atoms with Gasteiger partial charge in [0.2, 0.25) is 0 Å². The third-order valence-corrected chi connectivity index (χ3v) is 4.40. The molecule has 0 unspecified atom stereocenters. The zero-order valence-corrected chi connectivity index (χ0v) is 14.6. The molecule has 2 aromatic carbocycles. The van der Waals surface area contributed by atoms with E-state index in [0.717, 1.165) is 5.69 Å². The molecule has 6 nitrogen and oxygen atoms in total. The smallest absolute Gasteiger partial charge is 0.321 e. The second kappa shape index (κ2) is 6.92. The molecule has 0 bridgehead atoms. The van der Waals surface area contributed by atoms with Crippen molar-refractivity contribution in [2.24, 2.45) is 0 Å². The van der Waals surface area contributed by atoms with Gasteiger partial charge in [-0.1, -0.05) is 0 Å². The number of ether oxygens (including phenoxy) is 1. The number of halogens is 1. The third-order valence-electron chi connectivity index (χ3n) is 3.71. The first-order valence-electron chi connectivity index (χ1n) is 7.39. The second-order valence-electron chi connectivity index (χ2n) is 5.23. The van der Waals surface area contributed by atoms with Crippen LogP contribution in [0.25, 0.3) is 0 Å². The van der Waals surface area contributed by atoms with Gasteiger partial charge in [0.1, 0.15) is 5.75 Å². The molecular weight excluding hydrogens is 374 g/mol. The highest BCUT2D eigenvalue weighted by molar-refractivity contribution is 9.10. The predicted octanol–water partition coefficient (Wildman–Crippen LogP) is 3.24. The van der Waals surface area contributed by atoms with Crippen LogP contribution in [0.3, 0.4) is 0 Å². The first-order chi connectivity index (χ1) is 11.6. The molecule has 0 aromatic heterocycles. The standard InChI is InChI=1S/C17H16BrN3O3/c1-24-13-6-7-15(18)14(10-13)16(22)20-11-2-4-12(5-3-11)21-9-8-19-17(21)23/h2-7,10H,8-9H2,1H3,(H,19,23)(H,20,22). The summed E-state index contributed by atoms with van der Waals surface area (Å²) in [6.45, 7) is 1.28. The quantitative estimate of drug-likeness (QED) is 0.842.